The molecule has 0 aliphatic carbocycles. The fourth-order valence-corrected chi connectivity index (χ4v) is 4.26. The highest BCUT2D eigenvalue weighted by Crippen LogP contribution is 3.02. The van der Waals surface area contributed by atoms with Crippen molar-refractivity contribution < 1.29 is 24.2 Å². The molecule has 12 heteroatoms. The van der Waals surface area contributed by atoms with E-state index >= 15 is 0 Å². The van der Waals surface area contributed by atoms with Crippen molar-refractivity contribution in [1.82, 2.24) is 15.0 Å². The van der Waals surface area contributed by atoms with Crippen LogP contribution in [-0.2, 0) is 0 Å². The van der Waals surface area contributed by atoms with Gasteiger partial charge in [-0.2, -0.15) is 0 Å². The first-order valence-corrected chi connectivity index (χ1v) is 11.9. The van der Waals surface area contributed by atoms with Crippen molar-refractivity contribution in [3.63, 3.8) is 0 Å². The van der Waals surface area contributed by atoms with E-state index in [-0.39, 0.29) is 23.4 Å². The first-order valence-electron chi connectivity index (χ1n) is 9.96. The molecule has 3 heterocycles. The van der Waals surface area contributed by atoms with Crippen molar-refractivity contribution in [3.8, 4) is 11.1 Å². The topological polar surface area (TPSA) is 71.0 Å². The molecule has 0 spiro atoms. The van der Waals surface area contributed by atoms with Crippen molar-refractivity contribution in [3.05, 3.63) is 60.8 Å². The fraction of sp³-hybridized carbons (Fsp3) is 0.238. The van der Waals surface area contributed by atoms with Gasteiger partial charge in [0, 0.05) is 48.5 Å². The SMILES string of the molecule is C[C@@H]1CCN(c2ncc(C(=O)Nc3ccc(S(F)(F)(F)(F)F)cc3)cc2-c2cncnc2)C1. The first kappa shape index (κ1) is 22.9. The van der Waals surface area contributed by atoms with Crippen LogP contribution in [0.25, 0.3) is 11.1 Å². The van der Waals surface area contributed by atoms with Crippen LogP contribution >= 0.6 is 10.2 Å². The standard InChI is InChI=1S/C21H20F5N5OS/c1-14-6-7-31(12-14)20-19(16-9-27-13-28-10-16)8-15(11-29-20)21(32)30-17-2-4-18(5-3-17)33(22,23,24,25)26/h2-5,8-11,13-14H,6-7,12H2,1H3,(H,30,32)/t14-/m1/s1. The number of benzene rings is 1. The number of halogens is 5. The minimum Gasteiger partial charge on any atom is -0.356 e. The second kappa shape index (κ2) is 7.37. The van der Waals surface area contributed by atoms with Gasteiger partial charge in [0.25, 0.3) is 5.91 Å². The van der Waals surface area contributed by atoms with Gasteiger partial charge in [-0.15, -0.1) is 0 Å². The summed E-state index contributed by atoms with van der Waals surface area (Å²) in [7, 11) is -9.78. The summed E-state index contributed by atoms with van der Waals surface area (Å²) in [6.07, 6.45) is 6.93. The van der Waals surface area contributed by atoms with Crippen LogP contribution in [-0.4, -0.2) is 33.9 Å². The van der Waals surface area contributed by atoms with Crippen LogP contribution in [0.15, 0.2) is 60.1 Å². The molecular formula is C21H20F5N5OS. The minimum absolute atomic E-state index is 0.0624. The Morgan fingerprint density at radius 3 is 2.30 bits per heavy atom. The molecule has 0 unspecified atom stereocenters. The van der Waals surface area contributed by atoms with E-state index in [1.54, 1.807) is 18.5 Å². The zero-order valence-corrected chi connectivity index (χ0v) is 18.2. The normalized spacial score (nSPS) is 18.5. The lowest BCUT2D eigenvalue weighted by Gasteiger charge is -2.40. The molecule has 1 saturated heterocycles. The Kier molecular flexibility index (Phi) is 5.11. The molecule has 1 N–H and O–H groups in total. The Hall–Kier alpha value is -3.28. The van der Waals surface area contributed by atoms with Gasteiger partial charge in [-0.1, -0.05) is 26.4 Å². The van der Waals surface area contributed by atoms with E-state index in [0.717, 1.165) is 31.6 Å². The van der Waals surface area contributed by atoms with Crippen LogP contribution in [0.3, 0.4) is 0 Å². The molecule has 1 aliphatic heterocycles. The molecule has 2 aromatic heterocycles. The second-order valence-corrected chi connectivity index (χ2v) is 10.4. The molecule has 0 bridgehead atoms. The minimum atomic E-state index is -9.78. The van der Waals surface area contributed by atoms with Crippen LogP contribution in [0.2, 0.25) is 0 Å². The summed E-state index contributed by atoms with van der Waals surface area (Å²) >= 11 is 0. The third kappa shape index (κ3) is 5.21. The number of pyridine rings is 1. The molecule has 1 amide bonds. The summed E-state index contributed by atoms with van der Waals surface area (Å²) in [5.41, 5.74) is 1.36. The smallest absolute Gasteiger partial charge is 0.310 e. The van der Waals surface area contributed by atoms with Crippen LogP contribution < -0.4 is 10.2 Å². The number of hydrogen-bond donors (Lipinski definition) is 1. The van der Waals surface area contributed by atoms with E-state index in [2.05, 4.69) is 32.1 Å². The molecule has 0 saturated carbocycles. The van der Waals surface area contributed by atoms with Gasteiger partial charge in [-0.3, -0.25) is 4.79 Å². The maximum atomic E-state index is 12.9. The molecule has 176 valence electrons. The second-order valence-electron chi connectivity index (χ2n) is 8.01. The zero-order chi connectivity index (χ0) is 23.9. The molecule has 1 aromatic carbocycles. The van der Waals surface area contributed by atoms with Gasteiger partial charge < -0.3 is 10.2 Å². The van der Waals surface area contributed by atoms with Gasteiger partial charge >= 0.3 is 10.2 Å². The van der Waals surface area contributed by atoms with Crippen LogP contribution in [0, 0.1) is 5.92 Å². The summed E-state index contributed by atoms with van der Waals surface area (Å²) in [6.45, 7) is 3.74. The van der Waals surface area contributed by atoms with Gasteiger partial charge in [0.2, 0.25) is 0 Å². The summed E-state index contributed by atoms with van der Waals surface area (Å²) in [4.78, 5) is 25.3. The third-order valence-electron chi connectivity index (χ3n) is 5.28. The number of hydrogen-bond acceptors (Lipinski definition) is 5. The van der Waals surface area contributed by atoms with E-state index in [0.29, 0.717) is 22.9 Å². The van der Waals surface area contributed by atoms with E-state index in [4.69, 9.17) is 0 Å². The average Bonchev–Trinajstić information content (AvgIpc) is 3.19. The molecule has 1 atom stereocenters. The first-order chi connectivity index (χ1) is 15.3. The number of carbonyl (C=O) groups excluding carboxylic acids is 1. The Bertz CT molecular complexity index is 1190. The fourth-order valence-electron chi connectivity index (χ4n) is 3.61. The van der Waals surface area contributed by atoms with E-state index < -0.39 is 21.0 Å². The van der Waals surface area contributed by atoms with Gasteiger partial charge in [-0.25, -0.2) is 15.0 Å². The summed E-state index contributed by atoms with van der Waals surface area (Å²) in [5.74, 6) is 0.511. The van der Waals surface area contributed by atoms with E-state index in [9.17, 15) is 24.2 Å². The van der Waals surface area contributed by atoms with E-state index in [1.165, 1.54) is 12.5 Å². The average molecular weight is 485 g/mol. The summed E-state index contributed by atoms with van der Waals surface area (Å²) in [5, 5.41) is 2.41. The maximum absolute atomic E-state index is 12.9. The Balaban J connectivity index is 1.62. The quantitative estimate of drug-likeness (QED) is 0.430. The van der Waals surface area contributed by atoms with Crippen molar-refractivity contribution in [2.75, 3.05) is 23.3 Å². The number of carbonyl (C=O) groups is 1. The number of nitrogens with zero attached hydrogens (tertiary/aromatic N) is 4. The van der Waals surface area contributed by atoms with Crippen LogP contribution in [0.1, 0.15) is 23.7 Å². The van der Waals surface area contributed by atoms with Crippen molar-refractivity contribution in [2.24, 2.45) is 5.92 Å². The highest BCUT2D eigenvalue weighted by Gasteiger charge is 2.65. The monoisotopic (exact) mass is 485 g/mol. The Morgan fingerprint density at radius 1 is 1.06 bits per heavy atom. The zero-order valence-electron chi connectivity index (χ0n) is 17.4. The number of anilines is 2. The molecule has 33 heavy (non-hydrogen) atoms. The molecule has 6 nitrogen and oxygen atoms in total. The predicted molar refractivity (Wildman–Crippen MR) is 117 cm³/mol. The maximum Gasteiger partial charge on any atom is 0.310 e. The Morgan fingerprint density at radius 2 is 1.73 bits per heavy atom. The number of aromatic nitrogens is 3. The molecule has 1 fully saturated rings. The highest BCUT2D eigenvalue weighted by atomic mass is 32.5. The lowest BCUT2D eigenvalue weighted by molar-refractivity contribution is 0.102. The van der Waals surface area contributed by atoms with Crippen LogP contribution in [0.5, 0.6) is 0 Å². The van der Waals surface area contributed by atoms with Gasteiger partial charge in [0.15, 0.2) is 0 Å². The van der Waals surface area contributed by atoms with Crippen LogP contribution in [0.4, 0.5) is 30.9 Å². The molecule has 1 aliphatic rings. The van der Waals surface area contributed by atoms with E-state index in [1.807, 2.05) is 0 Å². The number of nitrogens with one attached hydrogen (secondary N) is 1. The highest BCUT2D eigenvalue weighted by molar-refractivity contribution is 8.45. The largest absolute Gasteiger partial charge is 0.356 e. The van der Waals surface area contributed by atoms with Crippen molar-refractivity contribution in [1.29, 1.82) is 0 Å². The third-order valence-corrected chi connectivity index (χ3v) is 6.44. The summed E-state index contributed by atoms with van der Waals surface area (Å²) in [6, 6.07) is 3.66. The lowest BCUT2D eigenvalue weighted by Crippen LogP contribution is -2.22. The van der Waals surface area contributed by atoms with Gasteiger partial charge in [0.05, 0.1) is 5.56 Å². The van der Waals surface area contributed by atoms with Gasteiger partial charge in [-0.05, 0) is 42.7 Å². The van der Waals surface area contributed by atoms with Gasteiger partial charge in [0.1, 0.15) is 17.0 Å². The molecular weight excluding hydrogens is 465 g/mol. The Labute approximate surface area is 186 Å². The van der Waals surface area contributed by atoms with Crippen molar-refractivity contribution in [2.45, 2.75) is 18.2 Å². The number of rotatable bonds is 5. The summed E-state index contributed by atoms with van der Waals surface area (Å²) < 4.78 is 64.5. The molecule has 4 rings (SSSR count). The number of amides is 1. The molecule has 3 aromatic rings. The lowest BCUT2D eigenvalue weighted by atomic mass is 10.1. The van der Waals surface area contributed by atoms with Crippen molar-refractivity contribution >= 4 is 27.6 Å². The molecule has 0 radical (unpaired) electrons. The predicted octanol–water partition coefficient (Wildman–Crippen LogP) is 6.29.